The molecule has 0 unspecified atom stereocenters. The van der Waals surface area contributed by atoms with E-state index in [1.807, 2.05) is 26.0 Å². The molecule has 0 aliphatic rings. The smallest absolute Gasteiger partial charge is 0.404 e. The van der Waals surface area contributed by atoms with Gasteiger partial charge in [-0.25, -0.2) is 9.18 Å². The molecular weight excluding hydrogens is 283 g/mol. The van der Waals surface area contributed by atoms with Crippen molar-refractivity contribution in [2.75, 3.05) is 5.32 Å². The van der Waals surface area contributed by atoms with Crippen LogP contribution in [0.4, 0.5) is 14.9 Å². The van der Waals surface area contributed by atoms with E-state index in [-0.39, 0.29) is 5.82 Å². The first-order valence-electron chi connectivity index (χ1n) is 7.01. The molecule has 5 heteroatoms. The van der Waals surface area contributed by atoms with Gasteiger partial charge in [0.15, 0.2) is 0 Å². The second-order valence-electron chi connectivity index (χ2n) is 5.23. The molecule has 0 spiro atoms. The average Bonchev–Trinajstić information content (AvgIpc) is 2.45. The van der Waals surface area contributed by atoms with Gasteiger partial charge in [0.05, 0.1) is 0 Å². The van der Waals surface area contributed by atoms with E-state index in [1.54, 1.807) is 12.1 Å². The summed E-state index contributed by atoms with van der Waals surface area (Å²) in [5.74, 6) is -0.245. The highest BCUT2D eigenvalue weighted by Crippen LogP contribution is 2.20. The minimum atomic E-state index is -1.03. The standard InChI is InChI=1S/C17H19FN2O2/c1-11-7-15(8-12(2)16(11)10-20-17(21)22)19-9-13-3-5-14(18)6-4-13/h3-8,19-20H,9-10H2,1-2H3,(H,21,22). The van der Waals surface area contributed by atoms with Crippen LogP contribution in [0.3, 0.4) is 0 Å². The predicted octanol–water partition coefficient (Wildman–Crippen LogP) is 3.82. The van der Waals surface area contributed by atoms with Crippen molar-refractivity contribution < 1.29 is 14.3 Å². The Labute approximate surface area is 129 Å². The predicted molar refractivity (Wildman–Crippen MR) is 84.5 cm³/mol. The highest BCUT2D eigenvalue weighted by Gasteiger charge is 2.06. The fourth-order valence-corrected chi connectivity index (χ4v) is 2.34. The summed E-state index contributed by atoms with van der Waals surface area (Å²) in [6.45, 7) is 4.81. The fraction of sp³-hybridized carbons (Fsp3) is 0.235. The molecule has 0 saturated carbocycles. The van der Waals surface area contributed by atoms with E-state index in [0.29, 0.717) is 13.1 Å². The zero-order valence-electron chi connectivity index (χ0n) is 12.6. The van der Waals surface area contributed by atoms with E-state index in [9.17, 15) is 9.18 Å². The van der Waals surface area contributed by atoms with Crippen LogP contribution in [0, 0.1) is 19.7 Å². The molecule has 4 nitrogen and oxygen atoms in total. The molecule has 0 radical (unpaired) electrons. The first-order valence-corrected chi connectivity index (χ1v) is 7.01. The molecule has 0 aromatic heterocycles. The van der Waals surface area contributed by atoms with E-state index in [2.05, 4.69) is 10.6 Å². The van der Waals surface area contributed by atoms with Crippen LogP contribution in [0.2, 0.25) is 0 Å². The monoisotopic (exact) mass is 302 g/mol. The highest BCUT2D eigenvalue weighted by atomic mass is 19.1. The van der Waals surface area contributed by atoms with Gasteiger partial charge in [0.1, 0.15) is 5.82 Å². The Bertz CT molecular complexity index is 646. The SMILES string of the molecule is Cc1cc(NCc2ccc(F)cc2)cc(C)c1CNC(=O)O. The van der Waals surface area contributed by atoms with Gasteiger partial charge in [-0.15, -0.1) is 0 Å². The molecule has 0 heterocycles. The Balaban J connectivity index is 2.06. The lowest BCUT2D eigenvalue weighted by Gasteiger charge is -2.14. The van der Waals surface area contributed by atoms with Crippen LogP contribution in [-0.4, -0.2) is 11.2 Å². The number of benzene rings is 2. The molecule has 0 atom stereocenters. The second kappa shape index (κ2) is 6.93. The van der Waals surface area contributed by atoms with E-state index in [0.717, 1.165) is 27.9 Å². The number of aryl methyl sites for hydroxylation is 2. The third kappa shape index (κ3) is 4.22. The minimum absolute atomic E-state index is 0.245. The van der Waals surface area contributed by atoms with Gasteiger partial charge in [0, 0.05) is 18.8 Å². The number of carboxylic acid groups (broad SMARTS) is 1. The summed E-state index contributed by atoms with van der Waals surface area (Å²) < 4.78 is 12.9. The molecule has 0 aliphatic heterocycles. The Morgan fingerprint density at radius 2 is 1.68 bits per heavy atom. The molecule has 116 valence electrons. The Morgan fingerprint density at radius 1 is 1.09 bits per heavy atom. The summed E-state index contributed by atoms with van der Waals surface area (Å²) in [4.78, 5) is 10.6. The zero-order valence-corrected chi connectivity index (χ0v) is 12.6. The normalized spacial score (nSPS) is 10.3. The molecule has 3 N–H and O–H groups in total. The van der Waals surface area contributed by atoms with Crippen molar-refractivity contribution in [2.24, 2.45) is 0 Å². The molecule has 0 saturated heterocycles. The van der Waals surface area contributed by atoms with Crippen LogP contribution in [0.15, 0.2) is 36.4 Å². The second-order valence-corrected chi connectivity index (χ2v) is 5.23. The van der Waals surface area contributed by atoms with Gasteiger partial charge in [-0.05, 0) is 60.4 Å². The van der Waals surface area contributed by atoms with Gasteiger partial charge in [0.25, 0.3) is 0 Å². The van der Waals surface area contributed by atoms with Crippen LogP contribution >= 0.6 is 0 Å². The zero-order chi connectivity index (χ0) is 16.1. The van der Waals surface area contributed by atoms with E-state index >= 15 is 0 Å². The topological polar surface area (TPSA) is 61.4 Å². The fourth-order valence-electron chi connectivity index (χ4n) is 2.34. The molecular formula is C17H19FN2O2. The summed E-state index contributed by atoms with van der Waals surface area (Å²) in [6.07, 6.45) is -1.03. The van der Waals surface area contributed by atoms with Gasteiger partial charge >= 0.3 is 6.09 Å². The van der Waals surface area contributed by atoms with Gasteiger partial charge < -0.3 is 15.7 Å². The summed E-state index contributed by atoms with van der Waals surface area (Å²) in [5, 5.41) is 14.4. The average molecular weight is 302 g/mol. The van der Waals surface area contributed by atoms with Crippen molar-refractivity contribution in [3.05, 3.63) is 64.5 Å². The number of rotatable bonds is 5. The summed E-state index contributed by atoms with van der Waals surface area (Å²) >= 11 is 0. The first-order chi connectivity index (χ1) is 10.5. The molecule has 0 bridgehead atoms. The Hall–Kier alpha value is -2.56. The molecule has 1 amide bonds. The molecule has 2 rings (SSSR count). The summed E-state index contributed by atoms with van der Waals surface area (Å²) in [5.41, 5.74) is 4.98. The number of hydrogen-bond donors (Lipinski definition) is 3. The minimum Gasteiger partial charge on any atom is -0.465 e. The number of nitrogens with one attached hydrogen (secondary N) is 2. The number of carbonyl (C=O) groups is 1. The van der Waals surface area contributed by atoms with Crippen LogP contribution in [-0.2, 0) is 13.1 Å². The molecule has 2 aromatic carbocycles. The maximum Gasteiger partial charge on any atom is 0.404 e. The quantitative estimate of drug-likeness (QED) is 0.787. The largest absolute Gasteiger partial charge is 0.465 e. The first kappa shape index (κ1) is 15.8. The molecule has 22 heavy (non-hydrogen) atoms. The van der Waals surface area contributed by atoms with E-state index < -0.39 is 6.09 Å². The lowest BCUT2D eigenvalue weighted by atomic mass is 10.0. The maximum absolute atomic E-state index is 12.9. The third-order valence-corrected chi connectivity index (χ3v) is 3.52. The lowest BCUT2D eigenvalue weighted by molar-refractivity contribution is 0.194. The van der Waals surface area contributed by atoms with Crippen molar-refractivity contribution in [1.82, 2.24) is 5.32 Å². The molecule has 0 aliphatic carbocycles. The van der Waals surface area contributed by atoms with Gasteiger partial charge in [-0.1, -0.05) is 12.1 Å². The van der Waals surface area contributed by atoms with Crippen molar-refractivity contribution in [3.8, 4) is 0 Å². The third-order valence-electron chi connectivity index (χ3n) is 3.52. The molecule has 0 fully saturated rings. The lowest BCUT2D eigenvalue weighted by Crippen LogP contribution is -2.21. The summed E-state index contributed by atoms with van der Waals surface area (Å²) in [7, 11) is 0. The summed E-state index contributed by atoms with van der Waals surface area (Å²) in [6, 6.07) is 10.3. The highest BCUT2D eigenvalue weighted by molar-refractivity contribution is 5.65. The van der Waals surface area contributed by atoms with E-state index in [4.69, 9.17) is 5.11 Å². The van der Waals surface area contributed by atoms with Crippen molar-refractivity contribution >= 4 is 11.8 Å². The van der Waals surface area contributed by atoms with Crippen LogP contribution in [0.1, 0.15) is 22.3 Å². The van der Waals surface area contributed by atoms with Gasteiger partial charge in [-0.3, -0.25) is 0 Å². The number of hydrogen-bond acceptors (Lipinski definition) is 2. The molecule has 2 aromatic rings. The Kier molecular flexibility index (Phi) is 4.99. The van der Waals surface area contributed by atoms with Crippen molar-refractivity contribution in [3.63, 3.8) is 0 Å². The van der Waals surface area contributed by atoms with Crippen LogP contribution in [0.5, 0.6) is 0 Å². The van der Waals surface area contributed by atoms with Gasteiger partial charge in [-0.2, -0.15) is 0 Å². The van der Waals surface area contributed by atoms with Crippen molar-refractivity contribution in [2.45, 2.75) is 26.9 Å². The van der Waals surface area contributed by atoms with E-state index in [1.165, 1.54) is 12.1 Å². The number of halogens is 1. The Morgan fingerprint density at radius 3 is 2.23 bits per heavy atom. The number of amides is 1. The number of anilines is 1. The van der Waals surface area contributed by atoms with Gasteiger partial charge in [0.2, 0.25) is 0 Å². The van der Waals surface area contributed by atoms with Crippen LogP contribution in [0.25, 0.3) is 0 Å². The maximum atomic E-state index is 12.9. The van der Waals surface area contributed by atoms with Crippen LogP contribution < -0.4 is 10.6 Å². The van der Waals surface area contributed by atoms with Crippen molar-refractivity contribution in [1.29, 1.82) is 0 Å².